The molecule has 8 nitrogen and oxygen atoms in total. The number of hydrogen-bond donors (Lipinski definition) is 4. The molecule has 0 aliphatic heterocycles. The molecule has 0 radical (unpaired) electrons. The van der Waals surface area contributed by atoms with Gasteiger partial charge in [0, 0.05) is 26.2 Å². The Bertz CT molecular complexity index is 1010. The molecule has 0 spiro atoms. The third-order valence-electron chi connectivity index (χ3n) is 4.41. The normalized spacial score (nSPS) is 13.0. The molecule has 0 heterocycles. The minimum Gasteiger partial charge on any atom is -0.422 e. The molecule has 2 aromatic rings. The summed E-state index contributed by atoms with van der Waals surface area (Å²) in [4.78, 5) is 0. The minimum absolute atomic E-state index is 0.331. The molecule has 0 saturated carbocycles. The average molecular weight is 505 g/mol. The molecule has 0 aromatic heterocycles. The van der Waals surface area contributed by atoms with Gasteiger partial charge in [0.2, 0.25) is 0 Å². The van der Waals surface area contributed by atoms with Crippen LogP contribution in [0.2, 0.25) is 0 Å². The van der Waals surface area contributed by atoms with Gasteiger partial charge in [-0.05, 0) is 41.8 Å². The Balaban J connectivity index is 2.10. The maximum atomic E-state index is 13.0. The van der Waals surface area contributed by atoms with Gasteiger partial charge in [0.1, 0.15) is 11.5 Å². The van der Waals surface area contributed by atoms with Crippen LogP contribution < -0.4 is 29.4 Å². The smallest absolute Gasteiger partial charge is 0.391 e. The predicted octanol–water partition coefficient (Wildman–Crippen LogP) is 5.65. The molecule has 0 aliphatic carbocycles. The predicted molar refractivity (Wildman–Crippen MR) is 141 cm³/mol. The van der Waals surface area contributed by atoms with E-state index >= 15 is 0 Å². The van der Waals surface area contributed by atoms with Crippen LogP contribution in [0.4, 0.5) is 0 Å². The summed E-state index contributed by atoms with van der Waals surface area (Å²) in [6.07, 6.45) is 5.67. The highest BCUT2D eigenvalue weighted by molar-refractivity contribution is 7.55. The van der Waals surface area contributed by atoms with Gasteiger partial charge in [0.25, 0.3) is 0 Å². The zero-order valence-electron chi connectivity index (χ0n) is 19.5. The van der Waals surface area contributed by atoms with Crippen molar-refractivity contribution in [1.29, 1.82) is 0 Å². The molecule has 0 saturated heterocycles. The molecular formula is C24H34N4O4P2. The van der Waals surface area contributed by atoms with E-state index < -0.39 is 15.3 Å². The van der Waals surface area contributed by atoms with Gasteiger partial charge in [-0.1, -0.05) is 49.4 Å². The highest BCUT2D eigenvalue weighted by Crippen LogP contribution is 2.40. The lowest BCUT2D eigenvalue weighted by molar-refractivity contribution is 0.454. The van der Waals surface area contributed by atoms with Crippen molar-refractivity contribution in [3.63, 3.8) is 0 Å². The standard InChI is InChI=1S/C24H34N4O4P2/c1-5-17-25-33(29,26-18-6-2)31-23-13-9-21(10-14-23)22-11-15-24(16-12-22)32-34(30,27-19-7-3)28-20-8-4/h5-7,9-16H,1-3,8,17-20H2,4H3,(H2,25,26,29)(H2,27,28,30). The molecule has 1 atom stereocenters. The van der Waals surface area contributed by atoms with Gasteiger partial charge in [0.05, 0.1) is 0 Å². The Morgan fingerprint density at radius 2 is 1.03 bits per heavy atom. The van der Waals surface area contributed by atoms with Crippen LogP contribution >= 0.6 is 15.3 Å². The summed E-state index contributed by atoms with van der Waals surface area (Å²) in [6, 6.07) is 14.5. The van der Waals surface area contributed by atoms with Crippen LogP contribution in [0.3, 0.4) is 0 Å². The van der Waals surface area contributed by atoms with E-state index in [2.05, 4.69) is 40.1 Å². The van der Waals surface area contributed by atoms with E-state index in [1.54, 1.807) is 42.5 Å². The molecule has 10 heteroatoms. The first-order valence-electron chi connectivity index (χ1n) is 11.0. The van der Waals surface area contributed by atoms with Gasteiger partial charge in [0.15, 0.2) is 0 Å². The number of nitrogens with one attached hydrogen (secondary N) is 4. The lowest BCUT2D eigenvalue weighted by atomic mass is 10.1. The Morgan fingerprint density at radius 1 is 0.676 bits per heavy atom. The molecule has 0 fully saturated rings. The molecule has 0 aliphatic rings. The van der Waals surface area contributed by atoms with Crippen molar-refractivity contribution in [1.82, 2.24) is 20.3 Å². The van der Waals surface area contributed by atoms with Gasteiger partial charge in [-0.15, -0.1) is 19.7 Å². The topological polar surface area (TPSA) is 101 Å². The summed E-state index contributed by atoms with van der Waals surface area (Å²) in [5.41, 5.74) is 1.87. The highest BCUT2D eigenvalue weighted by Gasteiger charge is 2.23. The van der Waals surface area contributed by atoms with E-state index in [1.165, 1.54) is 0 Å². The van der Waals surface area contributed by atoms with Crippen LogP contribution in [-0.2, 0) is 9.13 Å². The fourth-order valence-electron chi connectivity index (χ4n) is 2.77. The third-order valence-corrected chi connectivity index (χ3v) is 7.78. The molecule has 2 rings (SSSR count). The SMILES string of the molecule is C=CCNP(=O)(NCC=C)Oc1ccc(-c2ccc(OP(=O)(NCC=C)NCCC)cc2)cc1. The summed E-state index contributed by atoms with van der Waals surface area (Å²) < 4.78 is 37.4. The van der Waals surface area contributed by atoms with E-state index in [1.807, 2.05) is 31.2 Å². The highest BCUT2D eigenvalue weighted by atomic mass is 31.2. The van der Waals surface area contributed by atoms with Crippen LogP contribution in [0.25, 0.3) is 11.1 Å². The van der Waals surface area contributed by atoms with Crippen molar-refractivity contribution in [3.8, 4) is 22.6 Å². The Kier molecular flexibility index (Phi) is 11.5. The number of rotatable bonds is 17. The molecule has 2 aromatic carbocycles. The lowest BCUT2D eigenvalue weighted by Crippen LogP contribution is -2.26. The molecule has 184 valence electrons. The molecule has 4 N–H and O–H groups in total. The van der Waals surface area contributed by atoms with Crippen LogP contribution in [-0.4, -0.2) is 26.2 Å². The first kappa shape index (κ1) is 27.8. The molecular weight excluding hydrogens is 470 g/mol. The fourth-order valence-corrected chi connectivity index (χ4v) is 5.71. The summed E-state index contributed by atoms with van der Waals surface area (Å²) in [7, 11) is -6.55. The zero-order chi connectivity index (χ0) is 24.9. The molecule has 34 heavy (non-hydrogen) atoms. The molecule has 1 unspecified atom stereocenters. The second kappa shape index (κ2) is 14.1. The van der Waals surface area contributed by atoms with Crippen LogP contribution in [0.1, 0.15) is 13.3 Å². The van der Waals surface area contributed by atoms with Crippen molar-refractivity contribution in [2.24, 2.45) is 0 Å². The molecule has 0 bridgehead atoms. The number of benzene rings is 2. The third kappa shape index (κ3) is 9.07. The van der Waals surface area contributed by atoms with Gasteiger partial charge < -0.3 is 9.05 Å². The Hall–Kier alpha value is -2.44. The Labute approximate surface area is 202 Å². The van der Waals surface area contributed by atoms with Crippen molar-refractivity contribution in [2.45, 2.75) is 13.3 Å². The largest absolute Gasteiger partial charge is 0.422 e. The maximum absolute atomic E-state index is 13.0. The summed E-state index contributed by atoms with van der Waals surface area (Å²) >= 11 is 0. The van der Waals surface area contributed by atoms with Gasteiger partial charge in [-0.25, -0.2) is 29.5 Å². The van der Waals surface area contributed by atoms with Crippen LogP contribution in [0.15, 0.2) is 86.5 Å². The lowest BCUT2D eigenvalue weighted by Gasteiger charge is -2.21. The maximum Gasteiger partial charge on any atom is 0.391 e. The van der Waals surface area contributed by atoms with E-state index in [0.29, 0.717) is 37.7 Å². The fraction of sp³-hybridized carbons (Fsp3) is 0.250. The van der Waals surface area contributed by atoms with Crippen molar-refractivity contribution < 1.29 is 18.2 Å². The summed E-state index contributed by atoms with van der Waals surface area (Å²) in [6.45, 7) is 14.5. The average Bonchev–Trinajstić information content (AvgIpc) is 2.85. The van der Waals surface area contributed by atoms with E-state index in [-0.39, 0.29) is 0 Å². The van der Waals surface area contributed by atoms with Crippen molar-refractivity contribution in [3.05, 3.63) is 86.5 Å². The summed E-state index contributed by atoms with van der Waals surface area (Å²) in [5, 5.41) is 11.5. The molecule has 0 amide bonds. The summed E-state index contributed by atoms with van der Waals surface area (Å²) in [5.74, 6) is 0.936. The monoisotopic (exact) mass is 504 g/mol. The van der Waals surface area contributed by atoms with E-state index in [0.717, 1.165) is 17.5 Å². The quantitative estimate of drug-likeness (QED) is 0.162. The van der Waals surface area contributed by atoms with Crippen LogP contribution in [0, 0.1) is 0 Å². The second-order valence-corrected chi connectivity index (χ2v) is 11.0. The van der Waals surface area contributed by atoms with E-state index in [4.69, 9.17) is 9.05 Å². The van der Waals surface area contributed by atoms with Crippen molar-refractivity contribution >= 4 is 15.3 Å². The van der Waals surface area contributed by atoms with E-state index in [9.17, 15) is 9.13 Å². The van der Waals surface area contributed by atoms with Crippen molar-refractivity contribution in [2.75, 3.05) is 26.2 Å². The van der Waals surface area contributed by atoms with Gasteiger partial charge in [-0.2, -0.15) is 0 Å². The minimum atomic E-state index is -3.31. The zero-order valence-corrected chi connectivity index (χ0v) is 21.3. The second-order valence-electron chi connectivity index (χ2n) is 7.20. The first-order valence-corrected chi connectivity index (χ1v) is 14.2. The Morgan fingerprint density at radius 3 is 1.35 bits per heavy atom. The first-order chi connectivity index (χ1) is 16.4. The van der Waals surface area contributed by atoms with Gasteiger partial charge >= 0.3 is 15.3 Å². The van der Waals surface area contributed by atoms with Gasteiger partial charge in [-0.3, -0.25) is 0 Å². The van der Waals surface area contributed by atoms with Crippen LogP contribution in [0.5, 0.6) is 11.5 Å². The number of hydrogen-bond acceptors (Lipinski definition) is 4.